The summed E-state index contributed by atoms with van der Waals surface area (Å²) in [5.41, 5.74) is 6.07. The van der Waals surface area contributed by atoms with Crippen molar-refractivity contribution < 1.29 is 19.1 Å². The highest BCUT2D eigenvalue weighted by atomic mass is 32.2. The fourth-order valence-electron chi connectivity index (χ4n) is 5.41. The van der Waals surface area contributed by atoms with Crippen molar-refractivity contribution in [2.45, 2.75) is 122 Å². The monoisotopic (exact) mass is 614 g/mol. The number of thioether (sulfide) groups is 1. The Balaban J connectivity index is 1.67. The molecule has 5 heteroatoms. The molecular formula is C38H62O4S. The van der Waals surface area contributed by atoms with Crippen molar-refractivity contribution in [1.29, 1.82) is 0 Å². The summed E-state index contributed by atoms with van der Waals surface area (Å²) in [5.74, 6) is 2.07. The van der Waals surface area contributed by atoms with Crippen molar-refractivity contribution in [1.82, 2.24) is 0 Å². The highest BCUT2D eigenvalue weighted by Crippen LogP contribution is 2.44. The van der Waals surface area contributed by atoms with Gasteiger partial charge in [-0.2, -0.15) is 11.8 Å². The Bertz CT molecular complexity index is 991. The lowest BCUT2D eigenvalue weighted by atomic mass is 9.69. The van der Waals surface area contributed by atoms with Gasteiger partial charge >= 0.3 is 11.9 Å². The van der Waals surface area contributed by atoms with E-state index in [9.17, 15) is 9.59 Å². The van der Waals surface area contributed by atoms with Crippen LogP contribution in [0.3, 0.4) is 0 Å². The first-order chi connectivity index (χ1) is 19.7. The van der Waals surface area contributed by atoms with Crippen LogP contribution in [0.1, 0.15) is 122 Å². The second-order valence-electron chi connectivity index (χ2n) is 16.7. The van der Waals surface area contributed by atoms with E-state index in [1.54, 1.807) is 11.8 Å². The zero-order chi connectivity index (χ0) is 32.6. The smallest absolute Gasteiger partial charge is 0.306 e. The largest absolute Gasteiger partial charge is 0.465 e. The SMILES string of the molecule is CC(C)(C)C1=CC(CCC(=O)OCCSCCOC(=O)CCC2=CC(C(C)(C)C)CC(C(C)(C)C)=C2)=CC(C(C)(C)C)C1. The molecule has 2 aliphatic rings. The zero-order valence-electron chi connectivity index (χ0n) is 29.6. The molecule has 0 aromatic rings. The van der Waals surface area contributed by atoms with Crippen molar-refractivity contribution in [3.63, 3.8) is 0 Å². The molecule has 0 heterocycles. The van der Waals surface area contributed by atoms with Crippen LogP contribution in [0.4, 0.5) is 0 Å². The van der Waals surface area contributed by atoms with Gasteiger partial charge in [-0.1, -0.05) is 130 Å². The minimum absolute atomic E-state index is 0.130. The van der Waals surface area contributed by atoms with E-state index in [4.69, 9.17) is 9.47 Å². The van der Waals surface area contributed by atoms with E-state index in [0.717, 1.165) is 25.7 Å². The van der Waals surface area contributed by atoms with Crippen molar-refractivity contribution in [3.8, 4) is 0 Å². The summed E-state index contributed by atoms with van der Waals surface area (Å²) >= 11 is 1.65. The first kappa shape index (κ1) is 37.4. The predicted molar refractivity (Wildman–Crippen MR) is 184 cm³/mol. The summed E-state index contributed by atoms with van der Waals surface area (Å²) in [5, 5.41) is 0. The first-order valence-corrected chi connectivity index (χ1v) is 17.5. The minimum atomic E-state index is -0.147. The Morgan fingerprint density at radius 2 is 1.00 bits per heavy atom. The Morgan fingerprint density at radius 3 is 1.30 bits per heavy atom. The van der Waals surface area contributed by atoms with Gasteiger partial charge in [0.1, 0.15) is 13.2 Å². The summed E-state index contributed by atoms with van der Waals surface area (Å²) in [6.45, 7) is 28.1. The minimum Gasteiger partial charge on any atom is -0.465 e. The van der Waals surface area contributed by atoms with Crippen LogP contribution in [0.5, 0.6) is 0 Å². The van der Waals surface area contributed by atoms with E-state index in [2.05, 4.69) is 107 Å². The van der Waals surface area contributed by atoms with Crippen LogP contribution in [0.15, 0.2) is 46.6 Å². The van der Waals surface area contributed by atoms with E-state index in [1.807, 2.05) is 0 Å². The van der Waals surface area contributed by atoms with E-state index < -0.39 is 0 Å². The van der Waals surface area contributed by atoms with Gasteiger partial charge in [-0.25, -0.2) is 0 Å². The predicted octanol–water partition coefficient (Wildman–Crippen LogP) is 10.3. The van der Waals surface area contributed by atoms with Crippen LogP contribution in [0.2, 0.25) is 0 Å². The molecule has 0 fully saturated rings. The molecule has 4 nitrogen and oxygen atoms in total. The quantitative estimate of drug-likeness (QED) is 0.162. The van der Waals surface area contributed by atoms with Gasteiger partial charge in [-0.3, -0.25) is 9.59 Å². The van der Waals surface area contributed by atoms with Gasteiger partial charge in [0.2, 0.25) is 0 Å². The van der Waals surface area contributed by atoms with Crippen LogP contribution < -0.4 is 0 Å². The number of allylic oxidation sites excluding steroid dienone is 8. The fourth-order valence-corrected chi connectivity index (χ4v) is 6.01. The Morgan fingerprint density at radius 1 is 0.651 bits per heavy atom. The number of carbonyl (C=O) groups excluding carboxylic acids is 2. The number of carbonyl (C=O) groups is 2. The molecule has 0 bridgehead atoms. The van der Waals surface area contributed by atoms with Crippen LogP contribution in [0.25, 0.3) is 0 Å². The molecule has 0 aliphatic heterocycles. The molecule has 0 aromatic heterocycles. The maximum Gasteiger partial charge on any atom is 0.306 e. The van der Waals surface area contributed by atoms with Crippen molar-refractivity contribution in [3.05, 3.63) is 46.6 Å². The Hall–Kier alpha value is -1.75. The molecule has 2 unspecified atom stereocenters. The maximum atomic E-state index is 12.4. The number of hydrogen-bond donors (Lipinski definition) is 0. The van der Waals surface area contributed by atoms with Gasteiger partial charge in [0.25, 0.3) is 0 Å². The number of ether oxygens (including phenoxy) is 2. The van der Waals surface area contributed by atoms with Crippen molar-refractivity contribution in [2.75, 3.05) is 24.7 Å². The molecule has 0 radical (unpaired) electrons. The molecule has 0 saturated carbocycles. The third-order valence-electron chi connectivity index (χ3n) is 8.80. The van der Waals surface area contributed by atoms with E-state index in [0.29, 0.717) is 49.4 Å². The van der Waals surface area contributed by atoms with Crippen LogP contribution in [-0.4, -0.2) is 36.7 Å². The highest BCUT2D eigenvalue weighted by Gasteiger charge is 2.32. The summed E-state index contributed by atoms with van der Waals surface area (Å²) in [6, 6.07) is 0. The molecule has 0 aromatic carbocycles. The third kappa shape index (κ3) is 13.4. The number of esters is 2. The lowest BCUT2D eigenvalue weighted by molar-refractivity contribution is -0.143. The van der Waals surface area contributed by atoms with Gasteiger partial charge in [-0.15, -0.1) is 0 Å². The molecular weight excluding hydrogens is 552 g/mol. The second kappa shape index (κ2) is 15.5. The maximum absolute atomic E-state index is 12.4. The molecule has 0 saturated heterocycles. The topological polar surface area (TPSA) is 52.6 Å². The second-order valence-corrected chi connectivity index (χ2v) is 18.0. The molecule has 2 rings (SSSR count). The molecule has 43 heavy (non-hydrogen) atoms. The Labute approximate surface area is 268 Å². The first-order valence-electron chi connectivity index (χ1n) is 16.4. The average Bonchev–Trinajstić information content (AvgIpc) is 2.88. The van der Waals surface area contributed by atoms with Gasteiger partial charge in [0.15, 0.2) is 0 Å². The average molecular weight is 615 g/mol. The molecule has 0 N–H and O–H groups in total. The summed E-state index contributed by atoms with van der Waals surface area (Å²) in [4.78, 5) is 24.8. The van der Waals surface area contributed by atoms with Gasteiger partial charge in [0, 0.05) is 24.3 Å². The number of hydrogen-bond acceptors (Lipinski definition) is 5. The molecule has 2 aliphatic carbocycles. The highest BCUT2D eigenvalue weighted by molar-refractivity contribution is 7.99. The van der Waals surface area contributed by atoms with Gasteiger partial charge in [0.05, 0.1) is 0 Å². The van der Waals surface area contributed by atoms with Crippen LogP contribution in [0, 0.1) is 33.5 Å². The fraction of sp³-hybridized carbons (Fsp3) is 0.737. The molecule has 0 amide bonds. The van der Waals surface area contributed by atoms with Crippen molar-refractivity contribution in [2.24, 2.45) is 33.5 Å². The molecule has 2 atom stereocenters. The van der Waals surface area contributed by atoms with E-state index in [1.165, 1.54) is 22.3 Å². The Kier molecular flexibility index (Phi) is 13.5. The summed E-state index contributed by atoms with van der Waals surface area (Å²) in [6.07, 6.45) is 13.8. The number of rotatable bonds is 12. The van der Waals surface area contributed by atoms with E-state index in [-0.39, 0.29) is 33.6 Å². The zero-order valence-corrected chi connectivity index (χ0v) is 30.4. The van der Waals surface area contributed by atoms with Crippen LogP contribution in [-0.2, 0) is 19.1 Å². The van der Waals surface area contributed by atoms with E-state index >= 15 is 0 Å². The lowest BCUT2D eigenvalue weighted by Gasteiger charge is -2.36. The standard InChI is InChI=1S/C38H62O4S/c1-35(2,3)29-21-27(22-30(25-29)36(4,5)6)13-15-33(39)41-17-19-43-20-18-42-34(40)16-14-28-23-31(37(7,8)9)26-32(24-28)38(10,11)12/h21-24,29,31H,13-20,25-26H2,1-12H3. The molecule has 244 valence electrons. The summed E-state index contributed by atoms with van der Waals surface area (Å²) < 4.78 is 11.0. The van der Waals surface area contributed by atoms with Crippen molar-refractivity contribution >= 4 is 23.7 Å². The lowest BCUT2D eigenvalue weighted by Crippen LogP contribution is -2.25. The summed E-state index contributed by atoms with van der Waals surface area (Å²) in [7, 11) is 0. The third-order valence-corrected chi connectivity index (χ3v) is 9.71. The normalized spacial score (nSPS) is 20.1. The van der Waals surface area contributed by atoms with Gasteiger partial charge < -0.3 is 9.47 Å². The molecule has 0 spiro atoms. The van der Waals surface area contributed by atoms with Gasteiger partial charge in [-0.05, 0) is 59.2 Å². The van der Waals surface area contributed by atoms with Crippen LogP contribution >= 0.6 is 11.8 Å².